The maximum atomic E-state index is 8.94. The van der Waals surface area contributed by atoms with Crippen molar-refractivity contribution in [3.8, 4) is 6.07 Å². The molecule has 1 aliphatic carbocycles. The number of nitrogens with one attached hydrogen (secondary N) is 1. The molecule has 86 valence electrons. The van der Waals surface area contributed by atoms with E-state index in [9.17, 15) is 0 Å². The van der Waals surface area contributed by atoms with Crippen LogP contribution in [0, 0.1) is 11.3 Å². The average Bonchev–Trinajstić information content (AvgIpc) is 3.04. The third-order valence-corrected chi connectivity index (χ3v) is 2.65. The van der Waals surface area contributed by atoms with E-state index in [-0.39, 0.29) is 6.04 Å². The first-order chi connectivity index (χ1) is 7.26. The fourth-order valence-electron chi connectivity index (χ4n) is 1.43. The van der Waals surface area contributed by atoms with Gasteiger partial charge in [-0.15, -0.1) is 0 Å². The quantitative estimate of drug-likeness (QED) is 0.638. The summed E-state index contributed by atoms with van der Waals surface area (Å²) in [5.74, 6) is 0. The number of hydrogen-bond acceptors (Lipinski definition) is 4. The van der Waals surface area contributed by atoms with Crippen molar-refractivity contribution in [2.24, 2.45) is 0 Å². The second-order valence-corrected chi connectivity index (χ2v) is 4.21. The molecule has 1 fully saturated rings. The summed E-state index contributed by atoms with van der Waals surface area (Å²) in [6.07, 6.45) is 3.36. The summed E-state index contributed by atoms with van der Waals surface area (Å²) in [4.78, 5) is 2.20. The number of hydrogen-bond donors (Lipinski definition) is 1. The van der Waals surface area contributed by atoms with Crippen LogP contribution < -0.4 is 5.32 Å². The SMILES string of the molecule is COCCN(C)CCC(C#N)NC1CC1. The number of nitrogens with zero attached hydrogens (tertiary/aromatic N) is 2. The molecule has 1 aliphatic rings. The van der Waals surface area contributed by atoms with Crippen LogP contribution in [0.25, 0.3) is 0 Å². The Morgan fingerprint density at radius 3 is 2.80 bits per heavy atom. The van der Waals surface area contributed by atoms with Crippen LogP contribution in [0.15, 0.2) is 0 Å². The zero-order valence-electron chi connectivity index (χ0n) is 9.70. The lowest BCUT2D eigenvalue weighted by Crippen LogP contribution is -2.34. The Kier molecular flexibility index (Phi) is 5.62. The Morgan fingerprint density at radius 2 is 2.27 bits per heavy atom. The molecule has 0 spiro atoms. The second kappa shape index (κ2) is 6.78. The number of rotatable bonds is 8. The first-order valence-electron chi connectivity index (χ1n) is 5.59. The van der Waals surface area contributed by atoms with E-state index in [1.165, 1.54) is 12.8 Å². The van der Waals surface area contributed by atoms with Crippen molar-refractivity contribution in [2.45, 2.75) is 31.3 Å². The van der Waals surface area contributed by atoms with Gasteiger partial charge in [0.25, 0.3) is 0 Å². The fraction of sp³-hybridized carbons (Fsp3) is 0.909. The van der Waals surface area contributed by atoms with Crippen molar-refractivity contribution in [3.05, 3.63) is 0 Å². The molecule has 15 heavy (non-hydrogen) atoms. The van der Waals surface area contributed by atoms with Crippen LogP contribution in [0.5, 0.6) is 0 Å². The summed E-state index contributed by atoms with van der Waals surface area (Å²) < 4.78 is 5.00. The molecule has 0 radical (unpaired) electrons. The van der Waals surface area contributed by atoms with Gasteiger partial charge in [-0.3, -0.25) is 5.32 Å². The zero-order valence-corrected chi connectivity index (χ0v) is 9.70. The summed E-state index contributed by atoms with van der Waals surface area (Å²) in [7, 11) is 3.77. The van der Waals surface area contributed by atoms with Gasteiger partial charge in [0.15, 0.2) is 0 Å². The van der Waals surface area contributed by atoms with Gasteiger partial charge in [0.2, 0.25) is 0 Å². The van der Waals surface area contributed by atoms with Gasteiger partial charge in [-0.1, -0.05) is 0 Å². The summed E-state index contributed by atoms with van der Waals surface area (Å²) in [5, 5.41) is 12.3. The molecule has 1 rings (SSSR count). The number of likely N-dealkylation sites (N-methyl/N-ethyl adjacent to an activating group) is 1. The number of methoxy groups -OCH3 is 1. The maximum Gasteiger partial charge on any atom is 0.0967 e. The molecule has 0 heterocycles. The van der Waals surface area contributed by atoms with Crippen LogP contribution in [0.4, 0.5) is 0 Å². The molecule has 1 unspecified atom stereocenters. The molecule has 0 amide bonds. The molecule has 1 saturated carbocycles. The van der Waals surface area contributed by atoms with Crippen molar-refractivity contribution >= 4 is 0 Å². The lowest BCUT2D eigenvalue weighted by molar-refractivity contribution is 0.159. The van der Waals surface area contributed by atoms with Gasteiger partial charge in [0, 0.05) is 26.2 Å². The minimum atomic E-state index is 0.0162. The summed E-state index contributed by atoms with van der Waals surface area (Å²) in [6.45, 7) is 2.63. The molecule has 0 aromatic carbocycles. The van der Waals surface area contributed by atoms with E-state index >= 15 is 0 Å². The van der Waals surface area contributed by atoms with Gasteiger partial charge in [0.1, 0.15) is 0 Å². The molecule has 1 N–H and O–H groups in total. The van der Waals surface area contributed by atoms with Crippen LogP contribution in [0.2, 0.25) is 0 Å². The first kappa shape index (κ1) is 12.4. The highest BCUT2D eigenvalue weighted by molar-refractivity contribution is 4.95. The van der Waals surface area contributed by atoms with E-state index < -0.39 is 0 Å². The summed E-state index contributed by atoms with van der Waals surface area (Å²) in [5.41, 5.74) is 0. The van der Waals surface area contributed by atoms with E-state index in [0.717, 1.165) is 26.1 Å². The molecule has 0 bridgehead atoms. The van der Waals surface area contributed by atoms with Gasteiger partial charge >= 0.3 is 0 Å². The molecule has 0 saturated heterocycles. The maximum absolute atomic E-state index is 8.94. The smallest absolute Gasteiger partial charge is 0.0967 e. The van der Waals surface area contributed by atoms with Crippen molar-refractivity contribution < 1.29 is 4.74 Å². The highest BCUT2D eigenvalue weighted by Gasteiger charge is 2.24. The average molecular weight is 211 g/mol. The van der Waals surface area contributed by atoms with Crippen molar-refractivity contribution in [1.29, 1.82) is 5.26 Å². The minimum Gasteiger partial charge on any atom is -0.383 e. The molecular weight excluding hydrogens is 190 g/mol. The van der Waals surface area contributed by atoms with Crippen LogP contribution in [0.3, 0.4) is 0 Å². The second-order valence-electron chi connectivity index (χ2n) is 4.21. The molecular formula is C11H21N3O. The largest absolute Gasteiger partial charge is 0.383 e. The molecule has 0 aliphatic heterocycles. The van der Waals surface area contributed by atoms with Gasteiger partial charge < -0.3 is 9.64 Å². The van der Waals surface area contributed by atoms with E-state index in [1.54, 1.807) is 7.11 Å². The zero-order chi connectivity index (χ0) is 11.1. The Morgan fingerprint density at radius 1 is 1.53 bits per heavy atom. The van der Waals surface area contributed by atoms with E-state index in [4.69, 9.17) is 10.00 Å². The predicted octanol–water partition coefficient (Wildman–Crippen LogP) is 0.599. The van der Waals surface area contributed by atoms with Crippen LogP contribution in [-0.2, 0) is 4.74 Å². The lowest BCUT2D eigenvalue weighted by atomic mass is 10.2. The van der Waals surface area contributed by atoms with E-state index in [2.05, 4.69) is 23.3 Å². The highest BCUT2D eigenvalue weighted by atomic mass is 16.5. The standard InChI is InChI=1S/C11H21N3O/c1-14(7-8-15-2)6-5-11(9-12)13-10-3-4-10/h10-11,13H,3-8H2,1-2H3. The van der Waals surface area contributed by atoms with Gasteiger partial charge in [-0.25, -0.2) is 0 Å². The van der Waals surface area contributed by atoms with E-state index in [0.29, 0.717) is 6.04 Å². The molecule has 4 nitrogen and oxygen atoms in total. The van der Waals surface area contributed by atoms with Crippen LogP contribution >= 0.6 is 0 Å². The monoisotopic (exact) mass is 211 g/mol. The molecule has 0 aromatic rings. The summed E-state index contributed by atoms with van der Waals surface area (Å²) >= 11 is 0. The predicted molar refractivity (Wildman–Crippen MR) is 59.5 cm³/mol. The van der Waals surface area contributed by atoms with Crippen LogP contribution in [-0.4, -0.2) is 50.8 Å². The first-order valence-corrected chi connectivity index (χ1v) is 5.59. The molecule has 0 aromatic heterocycles. The van der Waals surface area contributed by atoms with Crippen molar-refractivity contribution in [3.63, 3.8) is 0 Å². The topological polar surface area (TPSA) is 48.3 Å². The lowest BCUT2D eigenvalue weighted by Gasteiger charge is -2.18. The molecule has 4 heteroatoms. The summed E-state index contributed by atoms with van der Waals surface area (Å²) in [6, 6.07) is 2.94. The Bertz CT molecular complexity index is 210. The van der Waals surface area contributed by atoms with Crippen molar-refractivity contribution in [2.75, 3.05) is 33.9 Å². The minimum absolute atomic E-state index is 0.0162. The number of nitriles is 1. The van der Waals surface area contributed by atoms with Crippen molar-refractivity contribution in [1.82, 2.24) is 10.2 Å². The van der Waals surface area contributed by atoms with Gasteiger partial charge in [-0.05, 0) is 26.3 Å². The van der Waals surface area contributed by atoms with Crippen LogP contribution in [0.1, 0.15) is 19.3 Å². The Hall–Kier alpha value is -0.630. The van der Waals surface area contributed by atoms with Gasteiger partial charge in [0.05, 0.1) is 18.7 Å². The molecule has 1 atom stereocenters. The normalized spacial score (nSPS) is 17.7. The number of ether oxygens (including phenoxy) is 1. The third kappa shape index (κ3) is 5.73. The third-order valence-electron chi connectivity index (χ3n) is 2.65. The Balaban J connectivity index is 2.07. The Labute approximate surface area is 92.2 Å². The fourth-order valence-corrected chi connectivity index (χ4v) is 1.43. The highest BCUT2D eigenvalue weighted by Crippen LogP contribution is 2.19. The van der Waals surface area contributed by atoms with E-state index in [1.807, 2.05) is 0 Å². The van der Waals surface area contributed by atoms with Gasteiger partial charge in [-0.2, -0.15) is 5.26 Å².